The molecule has 0 aliphatic heterocycles. The molecule has 4 aliphatic rings. The molecule has 0 bridgehead atoms. The fourth-order valence-corrected chi connectivity index (χ4v) is 14.4. The molecule has 5 heteroatoms. The molecule has 5 nitrogen and oxygen atoms in total. The maximum Gasteiger partial charge on any atom is 0.306 e. The Balaban J connectivity index is 1.12. The standard InChI is InChI=1S/C62H111NO4/c1-11-14-16-18-19-26-32-53(31-25-17-15-12-2)66-59(64)33-27-21-20-23-29-50(43-46-63(9)10)30-24-22-28-34-60(65)67-54-41-44-61(7)52(47-54)37-38-55-57-40-39-56(62(57,8)45-42-58(55)61)49(6)35-36-51(13-3)48(4)5/h35-37,48-51,53-58H,11-34,38-47H2,1-10H3/b36-35+. The SMILES string of the molecule is CCCCCCCCC(CCCCCC)OC(=O)CCCCCCC(CCCCCC(=O)OC1CCC2(C)C(=CCC3C2CCC2(C)C(C(C)/C=C/C(CC)C(C)C)CCC32)C1)CCN(C)C. The Kier molecular flexibility index (Phi) is 26.8. The Morgan fingerprint density at radius 2 is 1.28 bits per heavy atom. The minimum absolute atomic E-state index is 0.0310. The van der Waals surface area contributed by atoms with Gasteiger partial charge in [-0.1, -0.05) is 176 Å². The van der Waals surface area contributed by atoms with E-state index in [9.17, 15) is 9.59 Å². The number of nitrogens with zero attached hydrogens (tertiary/aromatic N) is 1. The highest BCUT2D eigenvalue weighted by Gasteiger charge is 2.59. The summed E-state index contributed by atoms with van der Waals surface area (Å²) in [5.74, 6) is 6.15. The lowest BCUT2D eigenvalue weighted by Crippen LogP contribution is -2.51. The summed E-state index contributed by atoms with van der Waals surface area (Å²) in [5.41, 5.74) is 2.37. The Hall–Kier alpha value is -1.62. The van der Waals surface area contributed by atoms with Crippen LogP contribution >= 0.6 is 0 Å². The molecule has 3 saturated carbocycles. The van der Waals surface area contributed by atoms with Crippen LogP contribution in [0.3, 0.4) is 0 Å². The van der Waals surface area contributed by atoms with E-state index >= 15 is 0 Å². The van der Waals surface area contributed by atoms with Crippen molar-refractivity contribution in [2.45, 2.75) is 279 Å². The monoisotopic (exact) mass is 934 g/mol. The van der Waals surface area contributed by atoms with Crippen molar-refractivity contribution in [3.63, 3.8) is 0 Å². The average molecular weight is 935 g/mol. The molecule has 0 saturated heterocycles. The summed E-state index contributed by atoms with van der Waals surface area (Å²) in [6, 6.07) is 0. The van der Waals surface area contributed by atoms with Crippen molar-refractivity contribution in [1.29, 1.82) is 0 Å². The van der Waals surface area contributed by atoms with E-state index in [0.717, 1.165) is 93.4 Å². The van der Waals surface area contributed by atoms with E-state index < -0.39 is 0 Å². The lowest BCUT2D eigenvalue weighted by molar-refractivity contribution is -0.152. The predicted octanol–water partition coefficient (Wildman–Crippen LogP) is 17.8. The molecule has 0 aromatic rings. The summed E-state index contributed by atoms with van der Waals surface area (Å²) in [5, 5.41) is 0. The van der Waals surface area contributed by atoms with Gasteiger partial charge >= 0.3 is 11.9 Å². The van der Waals surface area contributed by atoms with E-state index in [1.165, 1.54) is 148 Å². The molecule has 0 spiro atoms. The molecular weight excluding hydrogens is 823 g/mol. The van der Waals surface area contributed by atoms with Gasteiger partial charge < -0.3 is 14.4 Å². The highest BCUT2D eigenvalue weighted by atomic mass is 16.5. The number of allylic oxidation sites excluding steroid dienone is 3. The van der Waals surface area contributed by atoms with E-state index in [4.69, 9.17) is 9.47 Å². The van der Waals surface area contributed by atoms with Crippen LogP contribution in [-0.2, 0) is 19.1 Å². The molecular formula is C62H111NO4. The summed E-state index contributed by atoms with van der Waals surface area (Å²) >= 11 is 0. The zero-order chi connectivity index (χ0) is 48.7. The largest absolute Gasteiger partial charge is 0.462 e. The van der Waals surface area contributed by atoms with Gasteiger partial charge in [-0.25, -0.2) is 0 Å². The lowest BCUT2D eigenvalue weighted by atomic mass is 9.47. The van der Waals surface area contributed by atoms with Crippen molar-refractivity contribution in [3.8, 4) is 0 Å². The van der Waals surface area contributed by atoms with E-state index in [0.29, 0.717) is 30.1 Å². The molecule has 0 heterocycles. The van der Waals surface area contributed by atoms with E-state index in [2.05, 4.69) is 92.6 Å². The van der Waals surface area contributed by atoms with Crippen LogP contribution in [-0.4, -0.2) is 49.7 Å². The van der Waals surface area contributed by atoms with Gasteiger partial charge in [-0.05, 0) is 175 Å². The molecule has 0 N–H and O–H groups in total. The molecule has 11 atom stereocenters. The molecule has 4 rings (SSSR count). The molecule has 0 radical (unpaired) electrons. The Bertz CT molecular complexity index is 1430. The second kappa shape index (κ2) is 31.0. The molecule has 0 aromatic carbocycles. The first-order chi connectivity index (χ1) is 32.2. The molecule has 67 heavy (non-hydrogen) atoms. The number of ether oxygens (including phenoxy) is 2. The van der Waals surface area contributed by atoms with Gasteiger partial charge in [-0.2, -0.15) is 0 Å². The number of hydrogen-bond donors (Lipinski definition) is 0. The number of rotatable bonds is 35. The van der Waals surface area contributed by atoms with Crippen LogP contribution < -0.4 is 0 Å². The molecule has 11 unspecified atom stereocenters. The number of fused-ring (bicyclic) bond motifs is 5. The van der Waals surface area contributed by atoms with Gasteiger partial charge in [0.05, 0.1) is 0 Å². The van der Waals surface area contributed by atoms with Crippen LogP contribution in [0.15, 0.2) is 23.8 Å². The lowest BCUT2D eigenvalue weighted by Gasteiger charge is -2.58. The zero-order valence-electron chi connectivity index (χ0n) is 46.1. The molecule has 0 amide bonds. The van der Waals surface area contributed by atoms with Crippen LogP contribution in [0.25, 0.3) is 0 Å². The van der Waals surface area contributed by atoms with Crippen LogP contribution in [0.2, 0.25) is 0 Å². The Morgan fingerprint density at radius 1 is 0.687 bits per heavy atom. The van der Waals surface area contributed by atoms with Crippen molar-refractivity contribution < 1.29 is 19.1 Å². The third-order valence-corrected chi connectivity index (χ3v) is 18.8. The van der Waals surface area contributed by atoms with Crippen molar-refractivity contribution in [3.05, 3.63) is 23.8 Å². The van der Waals surface area contributed by atoms with Crippen molar-refractivity contribution in [2.75, 3.05) is 20.6 Å². The predicted molar refractivity (Wildman–Crippen MR) is 286 cm³/mol. The van der Waals surface area contributed by atoms with Gasteiger partial charge in [0.1, 0.15) is 12.2 Å². The second-order valence-corrected chi connectivity index (χ2v) is 24.4. The fraction of sp³-hybridized carbons (Fsp3) is 0.903. The van der Waals surface area contributed by atoms with Gasteiger partial charge in [-0.3, -0.25) is 9.59 Å². The Morgan fingerprint density at radius 3 is 1.93 bits per heavy atom. The van der Waals surface area contributed by atoms with Gasteiger partial charge in [0.25, 0.3) is 0 Å². The highest BCUT2D eigenvalue weighted by Crippen LogP contribution is 2.67. The summed E-state index contributed by atoms with van der Waals surface area (Å²) in [6.07, 6.45) is 46.6. The maximum absolute atomic E-state index is 13.2. The topological polar surface area (TPSA) is 55.8 Å². The summed E-state index contributed by atoms with van der Waals surface area (Å²) in [4.78, 5) is 28.4. The van der Waals surface area contributed by atoms with Crippen molar-refractivity contribution in [2.24, 2.45) is 58.2 Å². The number of esters is 2. The quantitative estimate of drug-likeness (QED) is 0.0360. The first kappa shape index (κ1) is 58.0. The van der Waals surface area contributed by atoms with Gasteiger partial charge in [0, 0.05) is 19.3 Å². The first-order valence-electron chi connectivity index (χ1n) is 29.7. The highest BCUT2D eigenvalue weighted by molar-refractivity contribution is 5.69. The minimum atomic E-state index is 0.0310. The van der Waals surface area contributed by atoms with Crippen LogP contribution in [0.1, 0.15) is 267 Å². The van der Waals surface area contributed by atoms with E-state index in [1.54, 1.807) is 5.57 Å². The number of hydrogen-bond acceptors (Lipinski definition) is 5. The second-order valence-electron chi connectivity index (χ2n) is 24.4. The molecule has 0 aromatic heterocycles. The summed E-state index contributed by atoms with van der Waals surface area (Å²) in [6.45, 7) is 20.6. The average Bonchev–Trinajstić information content (AvgIpc) is 3.66. The van der Waals surface area contributed by atoms with Crippen LogP contribution in [0.5, 0.6) is 0 Å². The van der Waals surface area contributed by atoms with E-state index in [1.807, 2.05) is 0 Å². The third kappa shape index (κ3) is 18.8. The Labute approximate surface area is 416 Å². The smallest absolute Gasteiger partial charge is 0.306 e. The fourth-order valence-electron chi connectivity index (χ4n) is 14.4. The summed E-state index contributed by atoms with van der Waals surface area (Å²) < 4.78 is 12.3. The van der Waals surface area contributed by atoms with Gasteiger partial charge in [0.15, 0.2) is 0 Å². The number of carbonyl (C=O) groups excluding carboxylic acids is 2. The van der Waals surface area contributed by atoms with Crippen LogP contribution in [0.4, 0.5) is 0 Å². The zero-order valence-corrected chi connectivity index (χ0v) is 46.1. The van der Waals surface area contributed by atoms with Crippen molar-refractivity contribution in [1.82, 2.24) is 4.90 Å². The van der Waals surface area contributed by atoms with Gasteiger partial charge in [-0.15, -0.1) is 0 Å². The summed E-state index contributed by atoms with van der Waals surface area (Å²) in [7, 11) is 4.37. The maximum atomic E-state index is 13.2. The first-order valence-corrected chi connectivity index (χ1v) is 29.7. The normalized spacial score (nSPS) is 27.9. The molecule has 4 aliphatic carbocycles. The number of unbranched alkanes of at least 4 members (excludes halogenated alkanes) is 13. The molecule has 3 fully saturated rings. The number of carbonyl (C=O) groups is 2. The minimum Gasteiger partial charge on any atom is -0.462 e. The molecule has 388 valence electrons. The van der Waals surface area contributed by atoms with Crippen molar-refractivity contribution >= 4 is 11.9 Å². The van der Waals surface area contributed by atoms with E-state index in [-0.39, 0.29) is 29.6 Å². The van der Waals surface area contributed by atoms with Crippen LogP contribution in [0, 0.1) is 58.2 Å². The van der Waals surface area contributed by atoms with Gasteiger partial charge in [0.2, 0.25) is 0 Å². The third-order valence-electron chi connectivity index (χ3n) is 18.8.